The fourth-order valence-corrected chi connectivity index (χ4v) is 5.40. The Labute approximate surface area is 145 Å². The van der Waals surface area contributed by atoms with Crippen LogP contribution in [0.25, 0.3) is 0 Å². The highest BCUT2D eigenvalue weighted by atomic mass is 16.1. The standard InChI is InChI=1S/C20H29N3O/c1-14-6-7-16-19(2,3)9-5-10-20(16,4)15(14)12-18(24)23-17-8-11-21-13-22-17/h8,11,13,15-16H,1,5-7,9-10,12H2,2-4H3,(H,21,22,23,24)/t15-,16-,20+/m0/s1. The molecule has 1 aromatic rings. The van der Waals surface area contributed by atoms with Crippen LogP contribution in [0.4, 0.5) is 5.82 Å². The summed E-state index contributed by atoms with van der Waals surface area (Å²) < 4.78 is 0. The van der Waals surface area contributed by atoms with Gasteiger partial charge in [-0.05, 0) is 54.4 Å². The lowest BCUT2D eigenvalue weighted by Crippen LogP contribution is -2.50. The molecule has 2 fully saturated rings. The molecule has 0 saturated heterocycles. The summed E-state index contributed by atoms with van der Waals surface area (Å²) in [6.07, 6.45) is 9.61. The largest absolute Gasteiger partial charge is 0.311 e. The highest BCUT2D eigenvalue weighted by Crippen LogP contribution is 2.61. The highest BCUT2D eigenvalue weighted by Gasteiger charge is 2.53. The van der Waals surface area contributed by atoms with Crippen LogP contribution in [0.2, 0.25) is 0 Å². The van der Waals surface area contributed by atoms with Crippen molar-refractivity contribution in [2.24, 2.45) is 22.7 Å². The van der Waals surface area contributed by atoms with Gasteiger partial charge in [-0.25, -0.2) is 9.97 Å². The summed E-state index contributed by atoms with van der Waals surface area (Å²) >= 11 is 0. The molecular weight excluding hydrogens is 298 g/mol. The van der Waals surface area contributed by atoms with Crippen LogP contribution in [0.15, 0.2) is 30.7 Å². The van der Waals surface area contributed by atoms with Gasteiger partial charge in [-0.2, -0.15) is 0 Å². The van der Waals surface area contributed by atoms with E-state index >= 15 is 0 Å². The van der Waals surface area contributed by atoms with E-state index < -0.39 is 0 Å². The molecule has 1 amide bonds. The Hall–Kier alpha value is -1.71. The summed E-state index contributed by atoms with van der Waals surface area (Å²) in [4.78, 5) is 20.6. The van der Waals surface area contributed by atoms with Crippen LogP contribution >= 0.6 is 0 Å². The Morgan fingerprint density at radius 3 is 2.88 bits per heavy atom. The molecule has 4 nitrogen and oxygen atoms in total. The Bertz CT molecular complexity index is 625. The lowest BCUT2D eigenvalue weighted by Gasteiger charge is -2.57. The number of nitrogens with one attached hydrogen (secondary N) is 1. The summed E-state index contributed by atoms with van der Waals surface area (Å²) in [7, 11) is 0. The smallest absolute Gasteiger partial charge is 0.226 e. The number of aromatic nitrogens is 2. The van der Waals surface area contributed by atoms with Gasteiger partial charge in [0.1, 0.15) is 12.1 Å². The van der Waals surface area contributed by atoms with Crippen LogP contribution in [0.3, 0.4) is 0 Å². The third-order valence-corrected chi connectivity index (χ3v) is 6.56. The predicted octanol–water partition coefficient (Wildman–Crippen LogP) is 4.60. The number of nitrogens with zero attached hydrogens (tertiary/aromatic N) is 2. The molecule has 130 valence electrons. The predicted molar refractivity (Wildman–Crippen MR) is 96.4 cm³/mol. The molecule has 3 atom stereocenters. The van der Waals surface area contributed by atoms with Gasteiger partial charge in [0.25, 0.3) is 0 Å². The molecule has 2 aliphatic carbocycles. The number of anilines is 1. The van der Waals surface area contributed by atoms with Gasteiger partial charge in [0.15, 0.2) is 0 Å². The lowest BCUT2D eigenvalue weighted by atomic mass is 9.47. The van der Waals surface area contributed by atoms with Gasteiger partial charge in [0, 0.05) is 12.6 Å². The molecular formula is C20H29N3O. The molecule has 0 aliphatic heterocycles. The first kappa shape index (κ1) is 17.1. The molecule has 24 heavy (non-hydrogen) atoms. The first-order valence-electron chi connectivity index (χ1n) is 9.06. The molecule has 3 rings (SSSR count). The molecule has 2 aliphatic rings. The Morgan fingerprint density at radius 1 is 1.38 bits per heavy atom. The quantitative estimate of drug-likeness (QED) is 0.825. The van der Waals surface area contributed by atoms with Gasteiger partial charge >= 0.3 is 0 Å². The maximum Gasteiger partial charge on any atom is 0.226 e. The zero-order valence-electron chi connectivity index (χ0n) is 15.1. The van der Waals surface area contributed by atoms with Gasteiger partial charge in [-0.15, -0.1) is 0 Å². The van der Waals surface area contributed by atoms with E-state index in [-0.39, 0.29) is 17.2 Å². The summed E-state index contributed by atoms with van der Waals surface area (Å²) in [5.74, 6) is 1.53. The maximum absolute atomic E-state index is 12.6. The van der Waals surface area contributed by atoms with Gasteiger partial charge in [-0.3, -0.25) is 4.79 Å². The molecule has 0 aromatic carbocycles. The van der Waals surface area contributed by atoms with E-state index in [2.05, 4.69) is 42.6 Å². The van der Waals surface area contributed by atoms with E-state index in [1.165, 1.54) is 37.6 Å². The van der Waals surface area contributed by atoms with Crippen molar-refractivity contribution in [2.45, 2.75) is 59.3 Å². The molecule has 0 unspecified atom stereocenters. The summed E-state index contributed by atoms with van der Waals surface area (Å²) in [6, 6.07) is 1.72. The number of carbonyl (C=O) groups is 1. The Morgan fingerprint density at radius 2 is 2.17 bits per heavy atom. The average Bonchev–Trinajstić information content (AvgIpc) is 2.51. The van der Waals surface area contributed by atoms with Crippen molar-refractivity contribution >= 4 is 11.7 Å². The summed E-state index contributed by atoms with van der Waals surface area (Å²) in [5, 5.41) is 2.91. The second kappa shape index (κ2) is 6.30. The van der Waals surface area contributed by atoms with E-state index in [9.17, 15) is 4.79 Å². The summed E-state index contributed by atoms with van der Waals surface area (Å²) in [5.41, 5.74) is 1.79. The normalized spacial score (nSPS) is 32.0. The topological polar surface area (TPSA) is 54.9 Å². The third-order valence-electron chi connectivity index (χ3n) is 6.56. The van der Waals surface area contributed by atoms with Gasteiger partial charge in [-0.1, -0.05) is 39.3 Å². The maximum atomic E-state index is 12.6. The molecule has 2 saturated carbocycles. The second-order valence-corrected chi connectivity index (χ2v) is 8.50. The number of amides is 1. The van der Waals surface area contributed by atoms with Crippen molar-refractivity contribution in [3.63, 3.8) is 0 Å². The van der Waals surface area contributed by atoms with Crippen molar-refractivity contribution in [1.29, 1.82) is 0 Å². The van der Waals surface area contributed by atoms with Crippen LogP contribution in [0.1, 0.15) is 59.3 Å². The minimum absolute atomic E-state index is 0.0325. The molecule has 1 heterocycles. The first-order chi connectivity index (χ1) is 11.3. The van der Waals surface area contributed by atoms with Crippen molar-refractivity contribution in [3.05, 3.63) is 30.7 Å². The molecule has 0 bridgehead atoms. The van der Waals surface area contributed by atoms with E-state index in [0.717, 1.165) is 6.42 Å². The van der Waals surface area contributed by atoms with Gasteiger partial charge in [0.05, 0.1) is 0 Å². The number of rotatable bonds is 3. The fourth-order valence-electron chi connectivity index (χ4n) is 5.40. The van der Waals surface area contributed by atoms with Gasteiger partial charge < -0.3 is 5.32 Å². The number of carbonyl (C=O) groups excluding carboxylic acids is 1. The zero-order valence-corrected chi connectivity index (χ0v) is 15.1. The van der Waals surface area contributed by atoms with Gasteiger partial charge in [0.2, 0.25) is 5.91 Å². The number of allylic oxidation sites excluding steroid dienone is 1. The molecule has 4 heteroatoms. The average molecular weight is 327 g/mol. The summed E-state index contributed by atoms with van der Waals surface area (Å²) in [6.45, 7) is 11.5. The van der Waals surface area contributed by atoms with Crippen LogP contribution in [-0.4, -0.2) is 15.9 Å². The van der Waals surface area contributed by atoms with Crippen molar-refractivity contribution in [2.75, 3.05) is 5.32 Å². The number of hydrogen-bond donors (Lipinski definition) is 1. The van der Waals surface area contributed by atoms with Crippen molar-refractivity contribution in [1.82, 2.24) is 9.97 Å². The van der Waals surface area contributed by atoms with Crippen molar-refractivity contribution < 1.29 is 4.79 Å². The Kier molecular flexibility index (Phi) is 4.50. The van der Waals surface area contributed by atoms with Crippen LogP contribution in [0.5, 0.6) is 0 Å². The SMILES string of the molecule is C=C1CC[C@H]2C(C)(C)CCC[C@]2(C)[C@H]1CC(=O)Nc1ccncn1. The van der Waals surface area contributed by atoms with Crippen LogP contribution < -0.4 is 5.32 Å². The second-order valence-electron chi connectivity index (χ2n) is 8.50. The number of hydrogen-bond acceptors (Lipinski definition) is 3. The van der Waals surface area contributed by atoms with E-state index in [1.807, 2.05) is 0 Å². The van der Waals surface area contributed by atoms with Crippen LogP contribution in [0, 0.1) is 22.7 Å². The molecule has 1 aromatic heterocycles. The Balaban J connectivity index is 1.77. The molecule has 0 spiro atoms. The lowest BCUT2D eigenvalue weighted by molar-refractivity contribution is -0.120. The first-order valence-corrected chi connectivity index (χ1v) is 9.06. The molecule has 0 radical (unpaired) electrons. The number of fused-ring (bicyclic) bond motifs is 1. The molecule has 1 N–H and O–H groups in total. The monoisotopic (exact) mass is 327 g/mol. The zero-order chi connectivity index (χ0) is 17.4. The minimum atomic E-state index is 0.0325. The van der Waals surface area contributed by atoms with Crippen LogP contribution in [-0.2, 0) is 4.79 Å². The fraction of sp³-hybridized carbons (Fsp3) is 0.650. The van der Waals surface area contributed by atoms with Crippen molar-refractivity contribution in [3.8, 4) is 0 Å². The van der Waals surface area contributed by atoms with E-state index in [4.69, 9.17) is 0 Å². The van der Waals surface area contributed by atoms with E-state index in [1.54, 1.807) is 12.3 Å². The minimum Gasteiger partial charge on any atom is -0.311 e. The third kappa shape index (κ3) is 3.11. The van der Waals surface area contributed by atoms with E-state index in [0.29, 0.717) is 23.6 Å². The highest BCUT2D eigenvalue weighted by molar-refractivity contribution is 5.90.